The summed E-state index contributed by atoms with van der Waals surface area (Å²) < 4.78 is 21.1. The van der Waals surface area contributed by atoms with E-state index >= 15 is 0 Å². The van der Waals surface area contributed by atoms with Crippen LogP contribution < -0.4 is 5.32 Å². The maximum Gasteiger partial charge on any atom is 0.251 e. The molecule has 0 aromatic rings. The molecule has 2 heterocycles. The Morgan fingerprint density at radius 1 is 1.56 bits per heavy atom. The van der Waals surface area contributed by atoms with E-state index in [-0.39, 0.29) is 24.8 Å². The van der Waals surface area contributed by atoms with Gasteiger partial charge in [0.2, 0.25) is 0 Å². The average molecular weight is 231 g/mol. The van der Waals surface area contributed by atoms with Crippen molar-refractivity contribution in [3.8, 4) is 0 Å². The molecule has 0 aliphatic carbocycles. The monoisotopic (exact) mass is 231 g/mol. The molecule has 0 spiro atoms. The number of carbonyl (C=O) groups is 1. The van der Waals surface area contributed by atoms with Gasteiger partial charge in [-0.25, -0.2) is 0 Å². The SMILES string of the molecule is COCO[C@H]1C(=O)N[C@H]1[C@H]1COC(C)(C)O1. The summed E-state index contributed by atoms with van der Waals surface area (Å²) in [6, 6.07) is -0.149. The molecule has 2 aliphatic rings. The smallest absolute Gasteiger partial charge is 0.251 e. The maximum atomic E-state index is 11.3. The van der Waals surface area contributed by atoms with Gasteiger partial charge >= 0.3 is 0 Å². The molecule has 2 rings (SSSR count). The summed E-state index contributed by atoms with van der Waals surface area (Å²) in [5.41, 5.74) is 0. The Balaban J connectivity index is 1.88. The van der Waals surface area contributed by atoms with Crippen molar-refractivity contribution in [3.05, 3.63) is 0 Å². The van der Waals surface area contributed by atoms with Gasteiger partial charge in [0.25, 0.3) is 5.91 Å². The molecule has 1 N–H and O–H groups in total. The van der Waals surface area contributed by atoms with Gasteiger partial charge in [-0.3, -0.25) is 4.79 Å². The third-order valence-electron chi connectivity index (χ3n) is 2.69. The molecule has 3 atom stereocenters. The fourth-order valence-corrected chi connectivity index (χ4v) is 1.89. The Morgan fingerprint density at radius 3 is 2.81 bits per heavy atom. The first kappa shape index (κ1) is 11.8. The molecule has 2 fully saturated rings. The molecular weight excluding hydrogens is 214 g/mol. The molecule has 2 aliphatic heterocycles. The average Bonchev–Trinajstić information content (AvgIpc) is 2.55. The van der Waals surface area contributed by atoms with E-state index in [2.05, 4.69) is 5.32 Å². The topological polar surface area (TPSA) is 66.0 Å². The Bertz CT molecular complexity index is 280. The van der Waals surface area contributed by atoms with Crippen LogP contribution in [0, 0.1) is 0 Å². The van der Waals surface area contributed by atoms with Crippen LogP contribution in [0.15, 0.2) is 0 Å². The van der Waals surface area contributed by atoms with Crippen LogP contribution in [0.25, 0.3) is 0 Å². The predicted molar refractivity (Wildman–Crippen MR) is 53.6 cm³/mol. The van der Waals surface area contributed by atoms with Gasteiger partial charge in [0.1, 0.15) is 12.9 Å². The molecule has 92 valence electrons. The largest absolute Gasteiger partial charge is 0.359 e. The Hall–Kier alpha value is -0.690. The first-order valence-corrected chi connectivity index (χ1v) is 5.26. The van der Waals surface area contributed by atoms with E-state index in [0.29, 0.717) is 6.61 Å². The van der Waals surface area contributed by atoms with Gasteiger partial charge in [0.15, 0.2) is 11.9 Å². The highest BCUT2D eigenvalue weighted by atomic mass is 16.7. The highest BCUT2D eigenvalue weighted by Gasteiger charge is 2.50. The number of rotatable bonds is 4. The van der Waals surface area contributed by atoms with Crippen molar-refractivity contribution in [1.82, 2.24) is 5.32 Å². The van der Waals surface area contributed by atoms with E-state index < -0.39 is 11.9 Å². The summed E-state index contributed by atoms with van der Waals surface area (Å²) in [6.07, 6.45) is -0.656. The number of hydrogen-bond acceptors (Lipinski definition) is 5. The van der Waals surface area contributed by atoms with Gasteiger partial charge in [-0.15, -0.1) is 0 Å². The molecule has 0 aromatic heterocycles. The van der Waals surface area contributed by atoms with Crippen molar-refractivity contribution < 1.29 is 23.7 Å². The van der Waals surface area contributed by atoms with Gasteiger partial charge in [-0.2, -0.15) is 0 Å². The summed E-state index contributed by atoms with van der Waals surface area (Å²) in [7, 11) is 1.52. The molecule has 0 saturated carbocycles. The Kier molecular flexibility index (Phi) is 3.16. The second-order valence-corrected chi connectivity index (χ2v) is 4.40. The van der Waals surface area contributed by atoms with Crippen molar-refractivity contribution in [2.75, 3.05) is 20.5 Å². The summed E-state index contributed by atoms with van der Waals surface area (Å²) in [5, 5.41) is 2.76. The van der Waals surface area contributed by atoms with Crippen molar-refractivity contribution in [2.24, 2.45) is 0 Å². The lowest BCUT2D eigenvalue weighted by atomic mass is 9.96. The first-order valence-electron chi connectivity index (χ1n) is 5.26. The fraction of sp³-hybridized carbons (Fsp3) is 0.900. The van der Waals surface area contributed by atoms with Crippen molar-refractivity contribution in [1.29, 1.82) is 0 Å². The fourth-order valence-electron chi connectivity index (χ4n) is 1.89. The zero-order valence-electron chi connectivity index (χ0n) is 9.69. The number of methoxy groups -OCH3 is 1. The number of β-lactam (4-membered cyclic amide) rings is 1. The number of carbonyl (C=O) groups excluding carboxylic acids is 1. The van der Waals surface area contributed by atoms with Crippen LogP contribution in [0.1, 0.15) is 13.8 Å². The van der Waals surface area contributed by atoms with E-state index in [1.165, 1.54) is 7.11 Å². The highest BCUT2D eigenvalue weighted by molar-refractivity contribution is 5.88. The molecule has 0 unspecified atom stereocenters. The molecule has 0 radical (unpaired) electrons. The quantitative estimate of drug-likeness (QED) is 0.528. The minimum absolute atomic E-state index is 0.103. The van der Waals surface area contributed by atoms with Crippen LogP contribution >= 0.6 is 0 Å². The van der Waals surface area contributed by atoms with Gasteiger partial charge in [-0.1, -0.05) is 0 Å². The second kappa shape index (κ2) is 4.29. The van der Waals surface area contributed by atoms with E-state index in [4.69, 9.17) is 18.9 Å². The number of ether oxygens (including phenoxy) is 4. The van der Waals surface area contributed by atoms with Crippen molar-refractivity contribution in [2.45, 2.75) is 37.9 Å². The molecule has 16 heavy (non-hydrogen) atoms. The van der Waals surface area contributed by atoms with Crippen molar-refractivity contribution in [3.63, 3.8) is 0 Å². The first-order chi connectivity index (χ1) is 7.53. The molecule has 2 saturated heterocycles. The lowest BCUT2D eigenvalue weighted by Crippen LogP contribution is -2.68. The van der Waals surface area contributed by atoms with Crippen molar-refractivity contribution >= 4 is 5.91 Å². The zero-order valence-corrected chi connectivity index (χ0v) is 9.69. The minimum atomic E-state index is -0.587. The van der Waals surface area contributed by atoms with E-state index in [1.807, 2.05) is 13.8 Å². The summed E-state index contributed by atoms with van der Waals surface area (Å²) in [4.78, 5) is 11.3. The van der Waals surface area contributed by atoms with Gasteiger partial charge in [0, 0.05) is 7.11 Å². The van der Waals surface area contributed by atoms with Gasteiger partial charge in [-0.05, 0) is 13.8 Å². The third kappa shape index (κ3) is 2.20. The summed E-state index contributed by atoms with van der Waals surface area (Å²) >= 11 is 0. The molecule has 6 nitrogen and oxygen atoms in total. The Morgan fingerprint density at radius 2 is 2.31 bits per heavy atom. The normalized spacial score (nSPS) is 36.9. The number of nitrogens with one attached hydrogen (secondary N) is 1. The third-order valence-corrected chi connectivity index (χ3v) is 2.69. The standard InChI is InChI=1S/C10H17NO5/c1-10(2)15-4-6(16-10)7-8(9(12)11-7)14-5-13-3/h6-8H,4-5H2,1-3H3,(H,11,12)/t6-,7+,8-/m1/s1. The van der Waals surface area contributed by atoms with E-state index in [0.717, 1.165) is 0 Å². The molecular formula is C10H17NO5. The lowest BCUT2D eigenvalue weighted by Gasteiger charge is -2.39. The number of amides is 1. The minimum Gasteiger partial charge on any atom is -0.359 e. The van der Waals surface area contributed by atoms with E-state index in [9.17, 15) is 4.79 Å². The molecule has 1 amide bonds. The highest BCUT2D eigenvalue weighted by Crippen LogP contribution is 2.28. The summed E-state index contributed by atoms with van der Waals surface area (Å²) in [5.74, 6) is -0.716. The molecule has 6 heteroatoms. The molecule has 0 aromatic carbocycles. The van der Waals surface area contributed by atoms with Crippen LogP contribution in [-0.4, -0.2) is 50.5 Å². The van der Waals surface area contributed by atoms with E-state index in [1.54, 1.807) is 0 Å². The Labute approximate surface area is 94.2 Å². The second-order valence-electron chi connectivity index (χ2n) is 4.40. The summed E-state index contributed by atoms with van der Waals surface area (Å²) in [6.45, 7) is 4.26. The zero-order chi connectivity index (χ0) is 11.8. The lowest BCUT2D eigenvalue weighted by molar-refractivity contribution is -0.179. The molecule has 0 bridgehead atoms. The van der Waals surface area contributed by atoms with Crippen LogP contribution in [0.2, 0.25) is 0 Å². The van der Waals surface area contributed by atoms with Crippen LogP contribution in [0.3, 0.4) is 0 Å². The van der Waals surface area contributed by atoms with Crippen LogP contribution in [0.5, 0.6) is 0 Å². The van der Waals surface area contributed by atoms with Gasteiger partial charge in [0.05, 0.1) is 12.6 Å². The van der Waals surface area contributed by atoms with Crippen LogP contribution in [-0.2, 0) is 23.7 Å². The predicted octanol–water partition coefficient (Wildman–Crippen LogP) is -0.375. The van der Waals surface area contributed by atoms with Gasteiger partial charge < -0.3 is 24.3 Å². The maximum absolute atomic E-state index is 11.3. The number of hydrogen-bond donors (Lipinski definition) is 1. The van der Waals surface area contributed by atoms with Crippen LogP contribution in [0.4, 0.5) is 0 Å².